The van der Waals surface area contributed by atoms with Gasteiger partial charge in [-0.25, -0.2) is 4.39 Å². The Balaban J connectivity index is 2.12. The number of rotatable bonds is 5. The summed E-state index contributed by atoms with van der Waals surface area (Å²) in [5, 5.41) is 3.93. The largest absolute Gasteiger partial charge is 0.457 e. The molecule has 0 aliphatic carbocycles. The minimum atomic E-state index is -0.358. The van der Waals surface area contributed by atoms with Crippen LogP contribution in [0.2, 0.25) is 5.02 Å². The lowest BCUT2D eigenvalue weighted by Gasteiger charge is -2.11. The zero-order valence-corrected chi connectivity index (χ0v) is 14.1. The maximum absolute atomic E-state index is 13.3. The van der Waals surface area contributed by atoms with E-state index in [1.165, 1.54) is 12.1 Å². The summed E-state index contributed by atoms with van der Waals surface area (Å²) < 4.78 is 19.6. The van der Waals surface area contributed by atoms with Gasteiger partial charge >= 0.3 is 0 Å². The molecule has 0 amide bonds. The Labute approximate surface area is 137 Å². The van der Waals surface area contributed by atoms with Crippen LogP contribution in [0, 0.1) is 5.82 Å². The first-order chi connectivity index (χ1) is 9.94. The molecule has 2 nitrogen and oxygen atoms in total. The summed E-state index contributed by atoms with van der Waals surface area (Å²) in [5.74, 6) is 0.639. The van der Waals surface area contributed by atoms with Gasteiger partial charge in [0, 0.05) is 28.1 Å². The summed E-state index contributed by atoms with van der Waals surface area (Å²) in [6.45, 7) is 4.85. The van der Waals surface area contributed by atoms with Gasteiger partial charge in [-0.1, -0.05) is 47.4 Å². The molecule has 0 unspecified atom stereocenters. The molecule has 1 N–H and O–H groups in total. The maximum atomic E-state index is 13.3. The summed E-state index contributed by atoms with van der Waals surface area (Å²) >= 11 is 9.47. The average Bonchev–Trinajstić information content (AvgIpc) is 2.36. The second-order valence-corrected chi connectivity index (χ2v) is 6.32. The molecule has 5 heteroatoms. The number of hydrogen-bond donors (Lipinski definition) is 1. The molecule has 0 aromatic heterocycles. The molecule has 0 aliphatic rings. The van der Waals surface area contributed by atoms with Gasteiger partial charge in [0.1, 0.15) is 17.3 Å². The van der Waals surface area contributed by atoms with Crippen molar-refractivity contribution in [3.63, 3.8) is 0 Å². The lowest BCUT2D eigenvalue weighted by atomic mass is 10.2. The minimum Gasteiger partial charge on any atom is -0.457 e. The van der Waals surface area contributed by atoms with E-state index in [4.69, 9.17) is 16.3 Å². The van der Waals surface area contributed by atoms with E-state index in [-0.39, 0.29) is 5.82 Å². The predicted octanol–water partition coefficient (Wildman–Crippen LogP) is 5.53. The van der Waals surface area contributed by atoms with Crippen LogP contribution in [0.4, 0.5) is 4.39 Å². The monoisotopic (exact) mass is 371 g/mol. The summed E-state index contributed by atoms with van der Waals surface area (Å²) in [7, 11) is 0. The molecule has 2 rings (SSSR count). The molecule has 0 heterocycles. The fourth-order valence-electron chi connectivity index (χ4n) is 1.77. The molecule has 0 spiro atoms. The second kappa shape index (κ2) is 7.25. The standard InChI is InChI=1S/C16H16BrClFNO/c1-10(2)20-9-11-3-4-14(8-16(11)18)21-15-6-12(17)5-13(19)7-15/h3-8,10,20H,9H2,1-2H3. The molecule has 0 bridgehead atoms. The molecule has 0 fully saturated rings. The molecule has 2 aromatic carbocycles. The van der Waals surface area contributed by atoms with Crippen LogP contribution in [0.25, 0.3) is 0 Å². The summed E-state index contributed by atoms with van der Waals surface area (Å²) in [6.07, 6.45) is 0. The van der Waals surface area contributed by atoms with E-state index in [1.807, 2.05) is 12.1 Å². The first kappa shape index (κ1) is 16.3. The number of hydrogen-bond acceptors (Lipinski definition) is 2. The normalized spacial score (nSPS) is 11.0. The third-order valence-electron chi connectivity index (χ3n) is 2.80. The summed E-state index contributed by atoms with van der Waals surface area (Å²) in [4.78, 5) is 0. The van der Waals surface area contributed by atoms with Gasteiger partial charge < -0.3 is 10.1 Å². The van der Waals surface area contributed by atoms with Crippen LogP contribution < -0.4 is 10.1 Å². The smallest absolute Gasteiger partial charge is 0.131 e. The van der Waals surface area contributed by atoms with Crippen LogP contribution in [-0.4, -0.2) is 6.04 Å². The molecule has 0 atom stereocenters. The summed E-state index contributed by atoms with van der Waals surface area (Å²) in [5.41, 5.74) is 0.998. The van der Waals surface area contributed by atoms with E-state index >= 15 is 0 Å². The van der Waals surface area contributed by atoms with Crippen LogP contribution in [0.15, 0.2) is 40.9 Å². The number of nitrogens with one attached hydrogen (secondary N) is 1. The lowest BCUT2D eigenvalue weighted by molar-refractivity contribution is 0.476. The van der Waals surface area contributed by atoms with Crippen LogP contribution in [-0.2, 0) is 6.54 Å². The molecule has 112 valence electrons. The van der Waals surface area contributed by atoms with E-state index in [1.54, 1.807) is 12.1 Å². The zero-order valence-electron chi connectivity index (χ0n) is 11.8. The highest BCUT2D eigenvalue weighted by Gasteiger charge is 2.06. The Morgan fingerprint density at radius 1 is 1.19 bits per heavy atom. The van der Waals surface area contributed by atoms with Crippen LogP contribution in [0.3, 0.4) is 0 Å². The fourth-order valence-corrected chi connectivity index (χ4v) is 2.45. The number of benzene rings is 2. The van der Waals surface area contributed by atoms with Gasteiger partial charge in [0.25, 0.3) is 0 Å². The third-order valence-corrected chi connectivity index (χ3v) is 3.61. The van der Waals surface area contributed by atoms with Crippen molar-refractivity contribution >= 4 is 27.5 Å². The molecular formula is C16H16BrClFNO. The van der Waals surface area contributed by atoms with E-state index in [0.717, 1.165) is 5.56 Å². The van der Waals surface area contributed by atoms with Gasteiger partial charge in [-0.3, -0.25) is 0 Å². The topological polar surface area (TPSA) is 21.3 Å². The van der Waals surface area contributed by atoms with Crippen molar-refractivity contribution in [2.24, 2.45) is 0 Å². The van der Waals surface area contributed by atoms with Crippen molar-refractivity contribution in [1.29, 1.82) is 0 Å². The fraction of sp³-hybridized carbons (Fsp3) is 0.250. The Morgan fingerprint density at radius 2 is 1.95 bits per heavy atom. The number of ether oxygens (including phenoxy) is 1. The molecule has 0 aliphatic heterocycles. The van der Waals surface area contributed by atoms with Crippen molar-refractivity contribution < 1.29 is 9.13 Å². The Hall–Kier alpha value is -1.10. The van der Waals surface area contributed by atoms with Crippen molar-refractivity contribution in [2.75, 3.05) is 0 Å². The Morgan fingerprint density at radius 3 is 2.57 bits per heavy atom. The highest BCUT2D eigenvalue weighted by atomic mass is 79.9. The quantitative estimate of drug-likeness (QED) is 0.745. The van der Waals surface area contributed by atoms with Crippen molar-refractivity contribution in [3.05, 3.63) is 57.3 Å². The predicted molar refractivity (Wildman–Crippen MR) is 87.6 cm³/mol. The molecule has 0 saturated carbocycles. The van der Waals surface area contributed by atoms with E-state index in [0.29, 0.717) is 33.6 Å². The SMILES string of the molecule is CC(C)NCc1ccc(Oc2cc(F)cc(Br)c2)cc1Cl. The summed E-state index contributed by atoms with van der Waals surface area (Å²) in [6, 6.07) is 10.3. The Kier molecular flexibility index (Phi) is 5.62. The van der Waals surface area contributed by atoms with E-state index < -0.39 is 0 Å². The van der Waals surface area contributed by atoms with Crippen LogP contribution >= 0.6 is 27.5 Å². The van der Waals surface area contributed by atoms with Crippen molar-refractivity contribution in [1.82, 2.24) is 5.32 Å². The molecule has 0 saturated heterocycles. The Bertz CT molecular complexity index is 613. The van der Waals surface area contributed by atoms with Gasteiger partial charge in [0.15, 0.2) is 0 Å². The van der Waals surface area contributed by atoms with Gasteiger partial charge in [0.2, 0.25) is 0 Å². The van der Waals surface area contributed by atoms with Gasteiger partial charge in [0.05, 0.1) is 0 Å². The highest BCUT2D eigenvalue weighted by molar-refractivity contribution is 9.10. The molecule has 21 heavy (non-hydrogen) atoms. The van der Waals surface area contributed by atoms with Crippen LogP contribution in [0.1, 0.15) is 19.4 Å². The lowest BCUT2D eigenvalue weighted by Crippen LogP contribution is -2.21. The van der Waals surface area contributed by atoms with Crippen molar-refractivity contribution in [2.45, 2.75) is 26.4 Å². The van der Waals surface area contributed by atoms with Crippen molar-refractivity contribution in [3.8, 4) is 11.5 Å². The van der Waals surface area contributed by atoms with Crippen LogP contribution in [0.5, 0.6) is 11.5 Å². The zero-order chi connectivity index (χ0) is 15.4. The first-order valence-corrected chi connectivity index (χ1v) is 7.77. The minimum absolute atomic E-state index is 0.358. The second-order valence-electron chi connectivity index (χ2n) is 5.00. The van der Waals surface area contributed by atoms with E-state index in [2.05, 4.69) is 35.1 Å². The van der Waals surface area contributed by atoms with Gasteiger partial charge in [-0.2, -0.15) is 0 Å². The third kappa shape index (κ3) is 4.99. The average molecular weight is 373 g/mol. The maximum Gasteiger partial charge on any atom is 0.131 e. The van der Waals surface area contributed by atoms with Gasteiger partial charge in [-0.15, -0.1) is 0 Å². The van der Waals surface area contributed by atoms with E-state index in [9.17, 15) is 4.39 Å². The highest BCUT2D eigenvalue weighted by Crippen LogP contribution is 2.29. The van der Waals surface area contributed by atoms with Gasteiger partial charge in [-0.05, 0) is 29.8 Å². The molecule has 0 radical (unpaired) electrons. The molecular weight excluding hydrogens is 357 g/mol. The number of halogens is 3. The molecule has 2 aromatic rings. The first-order valence-electron chi connectivity index (χ1n) is 6.60.